The zero-order valence-corrected chi connectivity index (χ0v) is 101. The van der Waals surface area contributed by atoms with Crippen LogP contribution in [-0.4, -0.2) is 85.3 Å². The van der Waals surface area contributed by atoms with Gasteiger partial charge in [0.25, 0.3) is 18.1 Å². The second kappa shape index (κ2) is 41.3. The molecule has 4 rings (SSSR count). The van der Waals surface area contributed by atoms with E-state index in [4.69, 9.17) is 56.8 Å². The summed E-state index contributed by atoms with van der Waals surface area (Å²) in [6.45, 7) is 136. The number of rotatable bonds is 42. The predicted molar refractivity (Wildman–Crippen MR) is 582 cm³/mol. The van der Waals surface area contributed by atoms with Gasteiger partial charge in [0.2, 0.25) is 0 Å². The Morgan fingerprint density at radius 2 is 0.244 bits per heavy atom. The van der Waals surface area contributed by atoms with Gasteiger partial charge >= 0.3 is 0 Å². The van der Waals surface area contributed by atoms with Crippen molar-refractivity contribution in [2.75, 3.05) is 0 Å². The fourth-order valence-electron chi connectivity index (χ4n) is 23.9. The summed E-state index contributed by atoms with van der Waals surface area (Å²) in [6.07, 6.45) is 8.01. The van der Waals surface area contributed by atoms with Gasteiger partial charge in [-0.05, 0) is 332 Å². The Bertz CT molecular complexity index is 3940. The molecule has 13 nitrogen and oxygen atoms in total. The minimum atomic E-state index is -3.39. The van der Waals surface area contributed by atoms with Crippen LogP contribution < -0.4 is 77.6 Å². The number of benzene rings is 4. The third-order valence-electron chi connectivity index (χ3n) is 21.4. The van der Waals surface area contributed by atoms with Gasteiger partial charge in [-0.2, -0.15) is 0 Å². The Morgan fingerprint density at radius 1 is 0.141 bits per heavy atom. The molecule has 0 heterocycles. The van der Waals surface area contributed by atoms with E-state index in [2.05, 4.69) is 464 Å². The normalized spacial score (nSPS) is 14.7. The van der Waals surface area contributed by atoms with Gasteiger partial charge in [0.15, 0.2) is 46.0 Å². The standard InChI is InChI=1S/C120H212O13Si2/c1-97(2,3)69-109(37,38)121-81-61-85(125-113(45,46)73-101(13,14)15)93(129-117(53,54)77-105(25,26)27)89(65-81)134(90-66-82(122-110(39,40)70-98(4,5)6)62-86(126-114(47,48)74-102(16,17)18)94(90)130-118(55,56)78-106(28,29)30)133-135(91-67-83(123-111(41,42)71-99(7,8)9)63-87(127-115(49,50)75-103(19,20)21)95(91)131-119(57,58)79-107(31,32)33)92-68-84(124-112(43,44)72-100(10,11)12)64-88(128-116(51,52)76-104(22,23)24)96(92)132-120(59,60)80-108(34,35)36/h61-68H,69-80H2,1-60H3. The maximum Gasteiger partial charge on any atom is 0.280 e. The van der Waals surface area contributed by atoms with Crippen molar-refractivity contribution < 1.29 is 61.0 Å². The first-order chi connectivity index (χ1) is 59.0. The SMILES string of the molecule is CC(C)(C)CC(C)(C)Oc1cc(OC(C)(C)CC(C)(C)C)c(OC(C)(C)CC(C)(C)C)c([Si](O[Si](c2cc(OC(C)(C)CC(C)(C)C)cc(OC(C)(C)CC(C)(C)C)c2OC(C)(C)CC(C)(C)C)c2cc(OC(C)(C)CC(C)(C)C)cc(OC(C)(C)CC(C)(C)C)c2OC(C)(C)CC(C)(C)C)c2cc(OC(C)(C)CC(C)(C)C)cc(OC(C)(C)CC(C)(C)C)c2OC(C)(C)CC(C)(C)C)c1. The molecule has 0 saturated carbocycles. The minimum absolute atomic E-state index is 0.168. The topological polar surface area (TPSA) is 120 Å². The largest absolute Gasteiger partial charge is 0.488 e. The molecular formula is C120H212O13Si2. The van der Waals surface area contributed by atoms with E-state index in [1.54, 1.807) is 0 Å². The molecule has 0 aliphatic carbocycles. The summed E-state index contributed by atoms with van der Waals surface area (Å²) in [5.41, 5.74) is -12.4. The van der Waals surface area contributed by atoms with E-state index >= 15 is 0 Å². The highest BCUT2D eigenvalue weighted by Gasteiger charge is 2.49. The van der Waals surface area contributed by atoms with Crippen LogP contribution in [0.4, 0.5) is 0 Å². The summed E-state index contributed by atoms with van der Waals surface area (Å²) in [5.74, 6) is 6.32. The number of hydrogen-bond donors (Lipinski definition) is 0. The Labute approximate surface area is 836 Å². The van der Waals surface area contributed by atoms with Crippen molar-refractivity contribution in [2.24, 2.45) is 65.0 Å². The monoisotopic (exact) mass is 1920 g/mol. The molecule has 0 saturated heterocycles. The second-order valence-electron chi connectivity index (χ2n) is 63.1. The quantitative estimate of drug-likeness (QED) is 0.0392. The highest BCUT2D eigenvalue weighted by atomic mass is 28.4. The first-order valence-corrected chi connectivity index (χ1v) is 54.2. The number of ether oxygens (including phenoxy) is 12. The molecular weight excluding hydrogens is 1710 g/mol. The van der Waals surface area contributed by atoms with E-state index in [9.17, 15) is 4.12 Å². The third-order valence-corrected chi connectivity index (χ3v) is 26.5. The number of hydrogen-bond acceptors (Lipinski definition) is 13. The molecule has 0 aliphatic heterocycles. The fraction of sp³-hybridized carbons (Fsp3) is 0.800. The first-order valence-electron chi connectivity index (χ1n) is 51.4. The molecule has 0 spiro atoms. The highest BCUT2D eigenvalue weighted by Crippen LogP contribution is 2.51. The van der Waals surface area contributed by atoms with Gasteiger partial charge in [-0.3, -0.25) is 0 Å². The molecule has 0 unspecified atom stereocenters. The van der Waals surface area contributed by atoms with Crippen molar-refractivity contribution >= 4 is 38.8 Å². The molecule has 4 aromatic carbocycles. The molecule has 0 amide bonds. The van der Waals surface area contributed by atoms with Crippen molar-refractivity contribution in [1.82, 2.24) is 0 Å². The average molecular weight is 1920 g/mol. The molecule has 0 fully saturated rings. The van der Waals surface area contributed by atoms with E-state index < -0.39 is 85.3 Å². The van der Waals surface area contributed by atoms with Gasteiger partial charge in [0.1, 0.15) is 90.2 Å². The van der Waals surface area contributed by atoms with E-state index in [1.165, 1.54) is 0 Å². The summed E-state index contributed by atoms with van der Waals surface area (Å²) in [6, 6.07) is 17.4. The first kappa shape index (κ1) is 122. The van der Waals surface area contributed by atoms with Gasteiger partial charge in [-0.1, -0.05) is 249 Å². The summed E-state index contributed by atoms with van der Waals surface area (Å²) in [4.78, 5) is 0. The fourth-order valence-corrected chi connectivity index (χ4v) is 29.7. The summed E-state index contributed by atoms with van der Waals surface area (Å²) in [5, 5.41) is 2.75. The molecule has 0 bridgehead atoms. The summed E-state index contributed by atoms with van der Waals surface area (Å²) in [7, 11) is -6.77. The van der Waals surface area contributed by atoms with Crippen LogP contribution in [0.25, 0.3) is 0 Å². The van der Waals surface area contributed by atoms with Crippen LogP contribution in [0, 0.1) is 65.0 Å². The molecule has 0 N–H and O–H groups in total. The summed E-state index contributed by atoms with van der Waals surface area (Å²) < 4.78 is 107. The van der Waals surface area contributed by atoms with Crippen LogP contribution in [0.3, 0.4) is 0 Å². The lowest BCUT2D eigenvalue weighted by molar-refractivity contribution is 0.0344. The Balaban J connectivity index is 3.21. The Morgan fingerprint density at radius 3 is 0.356 bits per heavy atom. The Kier molecular flexibility index (Phi) is 37.4. The van der Waals surface area contributed by atoms with E-state index in [-0.39, 0.29) is 65.0 Å². The van der Waals surface area contributed by atoms with Crippen molar-refractivity contribution in [3.63, 3.8) is 0 Å². The molecule has 778 valence electrons. The van der Waals surface area contributed by atoms with Gasteiger partial charge in [0.05, 0.1) is 0 Å². The zero-order chi connectivity index (χ0) is 106. The maximum atomic E-state index is 9.78. The maximum absolute atomic E-state index is 9.78. The third kappa shape index (κ3) is 46.7. The molecule has 0 aliphatic rings. The van der Waals surface area contributed by atoms with Gasteiger partial charge in [-0.25, -0.2) is 0 Å². The van der Waals surface area contributed by atoms with Crippen LogP contribution in [0.1, 0.15) is 492 Å². The van der Waals surface area contributed by atoms with Crippen LogP contribution in [0.5, 0.6) is 69.0 Å². The van der Waals surface area contributed by atoms with Crippen LogP contribution in [0.2, 0.25) is 0 Å². The highest BCUT2D eigenvalue weighted by molar-refractivity contribution is 6.93. The zero-order valence-electron chi connectivity index (χ0n) is 99.4. The smallest absolute Gasteiger partial charge is 0.280 e. The van der Waals surface area contributed by atoms with Crippen LogP contribution in [0.15, 0.2) is 48.5 Å². The lowest BCUT2D eigenvalue weighted by Gasteiger charge is -2.41. The lowest BCUT2D eigenvalue weighted by atomic mass is 9.83. The molecule has 2 radical (unpaired) electrons. The van der Waals surface area contributed by atoms with Crippen molar-refractivity contribution in [1.29, 1.82) is 0 Å². The molecule has 135 heavy (non-hydrogen) atoms. The van der Waals surface area contributed by atoms with Gasteiger partial charge in [-0.15, -0.1) is 0 Å². The second-order valence-corrected chi connectivity index (χ2v) is 67.4. The lowest BCUT2D eigenvalue weighted by Crippen LogP contribution is -2.58. The van der Waals surface area contributed by atoms with Crippen LogP contribution >= 0.6 is 0 Å². The van der Waals surface area contributed by atoms with Gasteiger partial charge in [0, 0.05) is 45.0 Å². The summed E-state index contributed by atoms with van der Waals surface area (Å²) >= 11 is 0. The molecule has 15 heteroatoms. The van der Waals surface area contributed by atoms with Crippen molar-refractivity contribution in [3.8, 4) is 69.0 Å². The van der Waals surface area contributed by atoms with Crippen molar-refractivity contribution in [2.45, 2.75) is 560 Å². The minimum Gasteiger partial charge on any atom is -0.488 e. The van der Waals surface area contributed by atoms with E-state index in [1.807, 2.05) is 0 Å². The van der Waals surface area contributed by atoms with E-state index in [0.717, 1.165) is 0 Å². The average Bonchev–Trinajstić information content (AvgIpc) is 0.737. The molecule has 0 aromatic heterocycles. The predicted octanol–water partition coefficient (Wildman–Crippen LogP) is 33.7. The van der Waals surface area contributed by atoms with E-state index in [0.29, 0.717) is 167 Å². The molecule has 0 atom stereocenters. The van der Waals surface area contributed by atoms with Crippen molar-refractivity contribution in [3.05, 3.63) is 48.5 Å². The van der Waals surface area contributed by atoms with Crippen LogP contribution in [-0.2, 0) is 4.12 Å². The van der Waals surface area contributed by atoms with Gasteiger partial charge < -0.3 is 61.0 Å². The Hall–Kier alpha value is -5.13. The molecule has 4 aromatic rings.